The minimum absolute atomic E-state index is 0.134. The molecular formula is C15H20N4. The van der Waals surface area contributed by atoms with Gasteiger partial charge in [0, 0.05) is 24.9 Å². The van der Waals surface area contributed by atoms with E-state index in [1.165, 1.54) is 11.1 Å². The Labute approximate surface area is 113 Å². The molecule has 0 saturated carbocycles. The van der Waals surface area contributed by atoms with Gasteiger partial charge in [-0.1, -0.05) is 31.2 Å². The number of rotatable bonds is 5. The fourth-order valence-electron chi connectivity index (χ4n) is 2.88. The highest BCUT2D eigenvalue weighted by molar-refractivity contribution is 5.41. The van der Waals surface area contributed by atoms with Crippen LogP contribution in [0.2, 0.25) is 0 Å². The Kier molecular flexibility index (Phi) is 3.34. The van der Waals surface area contributed by atoms with Crippen LogP contribution in [0, 0.1) is 0 Å². The average molecular weight is 256 g/mol. The zero-order valence-corrected chi connectivity index (χ0v) is 11.3. The molecule has 3 rings (SSSR count). The molecule has 0 spiro atoms. The maximum absolute atomic E-state index is 6.37. The first kappa shape index (κ1) is 12.4. The topological polar surface area (TPSA) is 56.7 Å². The van der Waals surface area contributed by atoms with Crippen LogP contribution < -0.4 is 5.73 Å². The molecule has 100 valence electrons. The van der Waals surface area contributed by atoms with E-state index in [2.05, 4.69) is 41.3 Å². The van der Waals surface area contributed by atoms with Crippen molar-refractivity contribution in [3.05, 3.63) is 47.5 Å². The summed E-state index contributed by atoms with van der Waals surface area (Å²) in [6.07, 6.45) is 4.60. The van der Waals surface area contributed by atoms with Crippen molar-refractivity contribution in [2.45, 2.75) is 44.7 Å². The Hall–Kier alpha value is -1.68. The molecule has 19 heavy (non-hydrogen) atoms. The summed E-state index contributed by atoms with van der Waals surface area (Å²) in [6.45, 7) is 3.07. The predicted molar refractivity (Wildman–Crippen MR) is 74.9 cm³/mol. The minimum atomic E-state index is 0.134. The molecule has 1 aromatic carbocycles. The Morgan fingerprint density at radius 2 is 2.26 bits per heavy atom. The van der Waals surface area contributed by atoms with Crippen molar-refractivity contribution in [3.8, 4) is 0 Å². The van der Waals surface area contributed by atoms with Crippen LogP contribution >= 0.6 is 0 Å². The van der Waals surface area contributed by atoms with Crippen LogP contribution in [0.1, 0.15) is 36.2 Å². The van der Waals surface area contributed by atoms with Crippen LogP contribution in [0.3, 0.4) is 0 Å². The summed E-state index contributed by atoms with van der Waals surface area (Å²) in [5.41, 5.74) is 9.23. The quantitative estimate of drug-likeness (QED) is 0.889. The third kappa shape index (κ3) is 2.28. The van der Waals surface area contributed by atoms with Gasteiger partial charge in [-0.25, -0.2) is 4.98 Å². The Morgan fingerprint density at radius 3 is 3.05 bits per heavy atom. The van der Waals surface area contributed by atoms with Crippen molar-refractivity contribution in [2.75, 3.05) is 0 Å². The zero-order chi connectivity index (χ0) is 13.2. The van der Waals surface area contributed by atoms with Gasteiger partial charge in [-0.2, -0.15) is 5.10 Å². The van der Waals surface area contributed by atoms with Crippen LogP contribution in [0.4, 0.5) is 0 Å². The molecule has 2 aromatic rings. The normalized spacial score (nSPS) is 18.7. The lowest BCUT2D eigenvalue weighted by Crippen LogP contribution is -2.38. The molecule has 1 aliphatic carbocycles. The maximum Gasteiger partial charge on any atom is 0.138 e. The number of hydrogen-bond acceptors (Lipinski definition) is 3. The molecule has 2 N–H and O–H groups in total. The summed E-state index contributed by atoms with van der Waals surface area (Å²) >= 11 is 0. The van der Waals surface area contributed by atoms with E-state index in [1.54, 1.807) is 6.33 Å². The van der Waals surface area contributed by atoms with Crippen molar-refractivity contribution < 1.29 is 0 Å². The molecule has 1 aromatic heterocycles. The first-order valence-electron chi connectivity index (χ1n) is 6.99. The van der Waals surface area contributed by atoms with Gasteiger partial charge in [0.25, 0.3) is 0 Å². The van der Waals surface area contributed by atoms with Gasteiger partial charge in [-0.3, -0.25) is 4.68 Å². The molecule has 0 fully saturated rings. The molecular weight excluding hydrogens is 236 g/mol. The number of aryl methyl sites for hydroxylation is 1. The van der Waals surface area contributed by atoms with Gasteiger partial charge in [0.1, 0.15) is 12.2 Å². The van der Waals surface area contributed by atoms with Gasteiger partial charge in [-0.15, -0.1) is 0 Å². The Balaban J connectivity index is 1.70. The van der Waals surface area contributed by atoms with Crippen LogP contribution in [0.25, 0.3) is 0 Å². The zero-order valence-electron chi connectivity index (χ0n) is 11.3. The van der Waals surface area contributed by atoms with Crippen molar-refractivity contribution in [1.82, 2.24) is 14.8 Å². The largest absolute Gasteiger partial charge is 0.327 e. The molecule has 0 saturated heterocycles. The van der Waals surface area contributed by atoms with Crippen LogP contribution in [0.5, 0.6) is 0 Å². The summed E-state index contributed by atoms with van der Waals surface area (Å²) in [7, 11) is 0. The highest BCUT2D eigenvalue weighted by Gasteiger charge is 2.31. The summed E-state index contributed by atoms with van der Waals surface area (Å²) in [5.74, 6) is 1.49. The van der Waals surface area contributed by atoms with Gasteiger partial charge in [0.2, 0.25) is 0 Å². The monoisotopic (exact) mass is 256 g/mol. The fraction of sp³-hybridized carbons (Fsp3) is 0.467. The maximum atomic E-state index is 6.37. The van der Waals surface area contributed by atoms with E-state index in [1.807, 2.05) is 4.68 Å². The third-order valence-corrected chi connectivity index (χ3v) is 3.96. The van der Waals surface area contributed by atoms with Crippen LogP contribution in [-0.4, -0.2) is 20.8 Å². The third-order valence-electron chi connectivity index (χ3n) is 3.96. The number of nitrogens with two attached hydrogens (primary N) is 1. The van der Waals surface area contributed by atoms with E-state index in [0.717, 1.165) is 31.6 Å². The second kappa shape index (κ2) is 5.13. The molecule has 0 amide bonds. The second-order valence-corrected chi connectivity index (χ2v) is 5.28. The fourth-order valence-corrected chi connectivity index (χ4v) is 2.88. The Morgan fingerprint density at radius 1 is 1.42 bits per heavy atom. The second-order valence-electron chi connectivity index (χ2n) is 5.28. The summed E-state index contributed by atoms with van der Waals surface area (Å²) in [4.78, 5) is 4.34. The van der Waals surface area contributed by atoms with Crippen LogP contribution in [0.15, 0.2) is 30.6 Å². The van der Waals surface area contributed by atoms with E-state index in [-0.39, 0.29) is 6.04 Å². The van der Waals surface area contributed by atoms with Crippen molar-refractivity contribution in [2.24, 2.45) is 5.73 Å². The predicted octanol–water partition coefficient (Wildman–Crippen LogP) is 1.90. The number of hydrogen-bond donors (Lipinski definition) is 1. The molecule has 4 heteroatoms. The summed E-state index contributed by atoms with van der Waals surface area (Å²) < 4.78 is 1.98. The van der Waals surface area contributed by atoms with Crippen molar-refractivity contribution in [1.29, 1.82) is 0 Å². The van der Waals surface area contributed by atoms with E-state index < -0.39 is 0 Å². The van der Waals surface area contributed by atoms with Gasteiger partial charge < -0.3 is 5.73 Å². The van der Waals surface area contributed by atoms with Gasteiger partial charge in [-0.05, 0) is 24.0 Å². The molecule has 2 atom stereocenters. The molecule has 0 aliphatic heterocycles. The SMILES string of the molecule is CCCn1ncnc1CC(N)C1Cc2ccccc21. The van der Waals surface area contributed by atoms with E-state index in [0.29, 0.717) is 5.92 Å². The first-order chi connectivity index (χ1) is 9.29. The average Bonchev–Trinajstić information content (AvgIpc) is 2.79. The van der Waals surface area contributed by atoms with Crippen molar-refractivity contribution >= 4 is 0 Å². The summed E-state index contributed by atoms with van der Waals surface area (Å²) in [6, 6.07) is 8.71. The lowest BCUT2D eigenvalue weighted by Gasteiger charge is -2.34. The highest BCUT2D eigenvalue weighted by atomic mass is 15.3. The van der Waals surface area contributed by atoms with E-state index in [4.69, 9.17) is 5.73 Å². The number of benzene rings is 1. The van der Waals surface area contributed by atoms with Crippen LogP contribution in [-0.2, 0) is 19.4 Å². The molecule has 2 unspecified atom stereocenters. The number of fused-ring (bicyclic) bond motifs is 1. The lowest BCUT2D eigenvalue weighted by molar-refractivity contribution is 0.456. The lowest BCUT2D eigenvalue weighted by atomic mass is 9.73. The molecule has 0 bridgehead atoms. The summed E-state index contributed by atoms with van der Waals surface area (Å²) in [5, 5.41) is 4.26. The standard InChI is InChI=1S/C15H20N4/c1-2-7-19-15(17-10-18-19)9-14(16)13-8-11-5-3-4-6-12(11)13/h3-6,10,13-14H,2,7-9,16H2,1H3. The van der Waals surface area contributed by atoms with E-state index >= 15 is 0 Å². The smallest absolute Gasteiger partial charge is 0.138 e. The first-order valence-corrected chi connectivity index (χ1v) is 6.99. The number of aromatic nitrogens is 3. The molecule has 0 radical (unpaired) electrons. The van der Waals surface area contributed by atoms with Gasteiger partial charge >= 0.3 is 0 Å². The Bertz CT molecular complexity index is 561. The highest BCUT2D eigenvalue weighted by Crippen LogP contribution is 2.37. The van der Waals surface area contributed by atoms with Gasteiger partial charge in [0.05, 0.1) is 0 Å². The minimum Gasteiger partial charge on any atom is -0.327 e. The molecule has 1 aliphatic rings. The molecule has 4 nitrogen and oxygen atoms in total. The molecule has 1 heterocycles. The number of nitrogens with zero attached hydrogens (tertiary/aromatic N) is 3. The van der Waals surface area contributed by atoms with Gasteiger partial charge in [0.15, 0.2) is 0 Å². The van der Waals surface area contributed by atoms with Crippen molar-refractivity contribution in [3.63, 3.8) is 0 Å². The van der Waals surface area contributed by atoms with E-state index in [9.17, 15) is 0 Å².